The molecule has 0 fully saturated rings. The van der Waals surface area contributed by atoms with Crippen LogP contribution in [0.2, 0.25) is 0 Å². The number of nitrogens with zero attached hydrogens (tertiary/aromatic N) is 1. The van der Waals surface area contributed by atoms with Gasteiger partial charge in [-0.2, -0.15) is 13.2 Å². The predicted molar refractivity (Wildman–Crippen MR) is 93.0 cm³/mol. The SMILES string of the molecule is Nc1ccc(F)c(-c2csc(OC(=O)Nc3cccc(C(F)(F)F)c3)n2)c1. The van der Waals surface area contributed by atoms with Crippen LogP contribution in [0.3, 0.4) is 0 Å². The Bertz CT molecular complexity index is 988. The first-order chi connectivity index (χ1) is 12.7. The van der Waals surface area contributed by atoms with Gasteiger partial charge in [0, 0.05) is 22.3 Å². The maximum absolute atomic E-state index is 13.8. The lowest BCUT2D eigenvalue weighted by atomic mass is 10.1. The fourth-order valence-electron chi connectivity index (χ4n) is 2.16. The Labute approximate surface area is 154 Å². The molecule has 1 heterocycles. The van der Waals surface area contributed by atoms with E-state index in [2.05, 4.69) is 10.3 Å². The molecule has 0 unspecified atom stereocenters. The van der Waals surface area contributed by atoms with Crippen LogP contribution in [-0.2, 0) is 6.18 Å². The highest BCUT2D eigenvalue weighted by molar-refractivity contribution is 7.11. The number of carbonyl (C=O) groups is 1. The van der Waals surface area contributed by atoms with Crippen LogP contribution < -0.4 is 15.8 Å². The molecule has 0 atom stereocenters. The van der Waals surface area contributed by atoms with Crippen LogP contribution in [0.25, 0.3) is 11.3 Å². The number of nitrogen functional groups attached to an aromatic ring is 1. The number of thiazole rings is 1. The van der Waals surface area contributed by atoms with E-state index in [9.17, 15) is 22.4 Å². The van der Waals surface area contributed by atoms with E-state index in [1.807, 2.05) is 0 Å². The van der Waals surface area contributed by atoms with Crippen molar-refractivity contribution in [3.63, 3.8) is 0 Å². The molecule has 1 amide bonds. The molecule has 1 aromatic heterocycles. The number of carbonyl (C=O) groups excluding carboxylic acids is 1. The highest BCUT2D eigenvalue weighted by atomic mass is 32.1. The summed E-state index contributed by atoms with van der Waals surface area (Å²) in [6.45, 7) is 0. The van der Waals surface area contributed by atoms with Crippen LogP contribution in [-0.4, -0.2) is 11.1 Å². The molecule has 0 spiro atoms. The number of anilines is 2. The van der Waals surface area contributed by atoms with E-state index in [0.717, 1.165) is 29.5 Å². The molecule has 3 N–H and O–H groups in total. The quantitative estimate of drug-likeness (QED) is 0.473. The molecule has 0 bridgehead atoms. The first-order valence-corrected chi connectivity index (χ1v) is 8.27. The molecule has 0 radical (unpaired) electrons. The van der Waals surface area contributed by atoms with Crippen molar-refractivity contribution in [2.45, 2.75) is 6.18 Å². The van der Waals surface area contributed by atoms with E-state index in [1.54, 1.807) is 0 Å². The summed E-state index contributed by atoms with van der Waals surface area (Å²) in [7, 11) is 0. The second-order valence-electron chi connectivity index (χ2n) is 5.33. The van der Waals surface area contributed by atoms with Gasteiger partial charge in [0.2, 0.25) is 0 Å². The van der Waals surface area contributed by atoms with Gasteiger partial charge in [-0.15, -0.1) is 0 Å². The number of benzene rings is 2. The van der Waals surface area contributed by atoms with E-state index < -0.39 is 23.7 Å². The Morgan fingerprint density at radius 2 is 1.96 bits per heavy atom. The average molecular weight is 397 g/mol. The maximum Gasteiger partial charge on any atom is 0.419 e. The molecule has 27 heavy (non-hydrogen) atoms. The molecule has 0 saturated carbocycles. The zero-order valence-corrected chi connectivity index (χ0v) is 14.2. The summed E-state index contributed by atoms with van der Waals surface area (Å²) >= 11 is 0.924. The number of aromatic nitrogens is 1. The molecule has 2 aromatic carbocycles. The smallest absolute Gasteiger partial charge is 0.399 e. The van der Waals surface area contributed by atoms with E-state index in [0.29, 0.717) is 5.69 Å². The molecule has 3 rings (SSSR count). The van der Waals surface area contributed by atoms with Crippen molar-refractivity contribution in [3.05, 3.63) is 59.2 Å². The zero-order valence-electron chi connectivity index (χ0n) is 13.4. The van der Waals surface area contributed by atoms with Gasteiger partial charge in [-0.1, -0.05) is 17.4 Å². The standard InChI is InChI=1S/C17H11F4N3O2S/c18-13-5-4-10(22)7-12(13)14-8-27-16(24-14)26-15(25)23-11-3-1-2-9(6-11)17(19,20)21/h1-8H,22H2,(H,23,25). The third-order valence-corrected chi connectivity index (χ3v) is 4.08. The normalized spacial score (nSPS) is 11.3. The first-order valence-electron chi connectivity index (χ1n) is 7.39. The van der Waals surface area contributed by atoms with E-state index in [4.69, 9.17) is 10.5 Å². The van der Waals surface area contributed by atoms with Crippen molar-refractivity contribution in [2.24, 2.45) is 0 Å². The van der Waals surface area contributed by atoms with Crippen LogP contribution in [0, 0.1) is 5.82 Å². The number of hydrogen-bond acceptors (Lipinski definition) is 5. The number of rotatable bonds is 3. The molecule has 10 heteroatoms. The lowest BCUT2D eigenvalue weighted by Gasteiger charge is -2.09. The summed E-state index contributed by atoms with van der Waals surface area (Å²) in [5, 5.41) is 3.55. The molecular formula is C17H11F4N3O2S. The highest BCUT2D eigenvalue weighted by Crippen LogP contribution is 2.31. The van der Waals surface area contributed by atoms with Crippen LogP contribution >= 0.6 is 11.3 Å². The van der Waals surface area contributed by atoms with Crippen molar-refractivity contribution in [1.82, 2.24) is 4.98 Å². The minimum atomic E-state index is -4.53. The largest absolute Gasteiger partial charge is 0.419 e. The molecule has 0 saturated heterocycles. The van der Waals surface area contributed by atoms with Crippen LogP contribution in [0.5, 0.6) is 5.19 Å². The monoisotopic (exact) mass is 397 g/mol. The van der Waals surface area contributed by atoms with Gasteiger partial charge in [0.15, 0.2) is 0 Å². The van der Waals surface area contributed by atoms with Gasteiger partial charge in [0.05, 0.1) is 11.3 Å². The molecule has 3 aromatic rings. The molecule has 5 nitrogen and oxygen atoms in total. The van der Waals surface area contributed by atoms with Gasteiger partial charge in [0.1, 0.15) is 5.82 Å². The molecule has 140 valence electrons. The topological polar surface area (TPSA) is 77.2 Å². The summed E-state index contributed by atoms with van der Waals surface area (Å²) in [5.41, 5.74) is 5.31. The summed E-state index contributed by atoms with van der Waals surface area (Å²) in [6, 6.07) is 8.06. The second-order valence-corrected chi connectivity index (χ2v) is 6.15. The van der Waals surface area contributed by atoms with Crippen molar-refractivity contribution < 1.29 is 27.1 Å². The zero-order chi connectivity index (χ0) is 19.6. The summed E-state index contributed by atoms with van der Waals surface area (Å²) < 4.78 is 56.8. The third-order valence-electron chi connectivity index (χ3n) is 3.37. The van der Waals surface area contributed by atoms with Gasteiger partial charge in [-0.3, -0.25) is 5.32 Å². The number of hydrogen-bond donors (Lipinski definition) is 2. The van der Waals surface area contributed by atoms with E-state index in [1.165, 1.54) is 29.6 Å². The maximum atomic E-state index is 13.8. The summed E-state index contributed by atoms with van der Waals surface area (Å²) in [4.78, 5) is 15.8. The number of amides is 1. The Morgan fingerprint density at radius 3 is 2.70 bits per heavy atom. The van der Waals surface area contributed by atoms with Gasteiger partial charge in [-0.25, -0.2) is 14.2 Å². The minimum Gasteiger partial charge on any atom is -0.399 e. The van der Waals surface area contributed by atoms with Crippen LogP contribution in [0.1, 0.15) is 5.56 Å². The van der Waals surface area contributed by atoms with Crippen molar-refractivity contribution >= 4 is 28.8 Å². The van der Waals surface area contributed by atoms with Gasteiger partial charge >= 0.3 is 12.3 Å². The first kappa shape index (κ1) is 18.6. The van der Waals surface area contributed by atoms with Gasteiger partial charge < -0.3 is 10.5 Å². The fourth-order valence-corrected chi connectivity index (χ4v) is 2.83. The van der Waals surface area contributed by atoms with Crippen LogP contribution in [0.4, 0.5) is 33.7 Å². The van der Waals surface area contributed by atoms with Crippen molar-refractivity contribution in [2.75, 3.05) is 11.1 Å². The van der Waals surface area contributed by atoms with Crippen LogP contribution in [0.15, 0.2) is 47.8 Å². The number of alkyl halides is 3. The predicted octanol–water partition coefficient (Wildman–Crippen LogP) is 5.16. The Hall–Kier alpha value is -3.14. The van der Waals surface area contributed by atoms with E-state index >= 15 is 0 Å². The number of halogens is 4. The number of ether oxygens (including phenoxy) is 1. The summed E-state index contributed by atoms with van der Waals surface area (Å²) in [5.74, 6) is -0.547. The van der Waals surface area contributed by atoms with Crippen molar-refractivity contribution in [1.29, 1.82) is 0 Å². The molecule has 0 aliphatic rings. The third kappa shape index (κ3) is 4.53. The lowest BCUT2D eigenvalue weighted by molar-refractivity contribution is -0.137. The Balaban J connectivity index is 1.71. The Morgan fingerprint density at radius 1 is 1.19 bits per heavy atom. The number of nitrogens with two attached hydrogens (primary N) is 1. The summed E-state index contributed by atoms with van der Waals surface area (Å²) in [6.07, 6.45) is -5.56. The minimum absolute atomic E-state index is 0.0894. The highest BCUT2D eigenvalue weighted by Gasteiger charge is 2.30. The van der Waals surface area contributed by atoms with Crippen molar-refractivity contribution in [3.8, 4) is 16.5 Å². The molecule has 0 aliphatic heterocycles. The Kier molecular flexibility index (Phi) is 5.00. The van der Waals surface area contributed by atoms with Gasteiger partial charge in [0.25, 0.3) is 5.19 Å². The van der Waals surface area contributed by atoms with Gasteiger partial charge in [-0.05, 0) is 36.4 Å². The molecule has 0 aliphatic carbocycles. The lowest BCUT2D eigenvalue weighted by Crippen LogP contribution is -2.17. The average Bonchev–Trinajstić information content (AvgIpc) is 3.04. The molecular weight excluding hydrogens is 386 g/mol. The fraction of sp³-hybridized carbons (Fsp3) is 0.0588. The second kappa shape index (κ2) is 7.23. The van der Waals surface area contributed by atoms with E-state index in [-0.39, 0.29) is 22.1 Å². The number of nitrogens with one attached hydrogen (secondary N) is 1.